The monoisotopic (exact) mass is 268 g/mol. The van der Waals surface area contributed by atoms with E-state index in [9.17, 15) is 24.9 Å². The molecule has 86 valence electrons. The third kappa shape index (κ3) is 6.33. The van der Waals surface area contributed by atoms with Gasteiger partial charge in [0.1, 0.15) is 5.60 Å². The average Bonchev–Trinajstić information content (AvgIpc) is 2.17. The minimum Gasteiger partial charge on any atom is -0.550 e. The summed E-state index contributed by atoms with van der Waals surface area (Å²) >= 11 is 0. The van der Waals surface area contributed by atoms with Crippen LogP contribution >= 0.6 is 0 Å². The molecule has 0 aliphatic heterocycles. The van der Waals surface area contributed by atoms with E-state index in [1.165, 1.54) is 0 Å². The van der Waals surface area contributed by atoms with Crippen molar-refractivity contribution in [2.45, 2.75) is 18.4 Å². The molecule has 7 heteroatoms. The Balaban J connectivity index is 0. The van der Waals surface area contributed by atoms with Crippen molar-refractivity contribution < 1.29 is 84.0 Å². The molecular weight excluding hydrogens is 258 g/mol. The largest absolute Gasteiger partial charge is 1.00 e. The second-order valence-electron chi connectivity index (χ2n) is 3.53. The number of carboxylic acids is 2. The van der Waals surface area contributed by atoms with Gasteiger partial charge in [-0.2, -0.15) is 0 Å². The summed E-state index contributed by atoms with van der Waals surface area (Å²) in [5.74, 6) is -3.46. The maximum atomic E-state index is 10.7. The Morgan fingerprint density at radius 2 is 1.61 bits per heavy atom. The summed E-state index contributed by atoms with van der Waals surface area (Å²) in [4.78, 5) is 21.1. The zero-order valence-electron chi connectivity index (χ0n) is 10.4. The Morgan fingerprint density at radius 3 is 2.00 bits per heavy atom. The van der Waals surface area contributed by atoms with E-state index in [0.717, 1.165) is 0 Å². The van der Waals surface area contributed by atoms with E-state index < -0.39 is 24.0 Å². The van der Waals surface area contributed by atoms with Crippen LogP contribution in [0.4, 0.5) is 0 Å². The normalized spacial score (nSPS) is 12.5. The number of hydrogen-bond acceptors (Lipinski definition) is 5. The van der Waals surface area contributed by atoms with Crippen LogP contribution in [0.25, 0.3) is 0 Å². The van der Waals surface area contributed by atoms with Crippen molar-refractivity contribution in [1.82, 2.24) is 0 Å². The second-order valence-corrected chi connectivity index (χ2v) is 3.53. The predicted octanol–water partition coefficient (Wildman–Crippen LogP) is -8.14. The van der Waals surface area contributed by atoms with Gasteiger partial charge >= 0.3 is 59.1 Å². The first-order chi connectivity index (χ1) is 7.44. The molecule has 0 saturated carbocycles. The van der Waals surface area contributed by atoms with Gasteiger partial charge in [0.2, 0.25) is 0 Å². The van der Waals surface area contributed by atoms with Crippen LogP contribution in [-0.4, -0.2) is 22.6 Å². The van der Waals surface area contributed by atoms with Gasteiger partial charge in [-0.15, -0.1) is 0 Å². The number of benzene rings is 1. The smallest absolute Gasteiger partial charge is 0.550 e. The fourth-order valence-corrected chi connectivity index (χ4v) is 1.38. The molecule has 0 aromatic heterocycles. The molecule has 1 atom stereocenters. The van der Waals surface area contributed by atoms with Crippen molar-refractivity contribution in [3.05, 3.63) is 35.9 Å². The van der Waals surface area contributed by atoms with E-state index in [4.69, 9.17) is 0 Å². The van der Waals surface area contributed by atoms with Crippen LogP contribution in [0.3, 0.4) is 0 Å². The summed E-state index contributed by atoms with van der Waals surface area (Å²) in [6.07, 6.45) is -1.33. The second kappa shape index (κ2) is 9.09. The maximum Gasteiger partial charge on any atom is 1.00 e. The maximum absolute atomic E-state index is 10.7. The van der Waals surface area contributed by atoms with E-state index in [0.29, 0.717) is 5.56 Å². The molecule has 0 saturated heterocycles. The molecule has 1 N–H and O–H groups in total. The molecule has 0 aliphatic rings. The molecule has 0 bridgehead atoms. The van der Waals surface area contributed by atoms with Crippen LogP contribution < -0.4 is 69.3 Å². The Labute approximate surface area is 149 Å². The third-order valence-corrected chi connectivity index (χ3v) is 2.16. The summed E-state index contributed by atoms with van der Waals surface area (Å²) in [6, 6.07) is 8.21. The minimum atomic E-state index is -2.43. The number of carboxylic acid groups (broad SMARTS) is 2. The number of aliphatic carboxylic acids is 2. The third-order valence-electron chi connectivity index (χ3n) is 2.16. The van der Waals surface area contributed by atoms with E-state index in [2.05, 4.69) is 0 Å². The predicted molar refractivity (Wildman–Crippen MR) is 49.7 cm³/mol. The van der Waals surface area contributed by atoms with Crippen molar-refractivity contribution in [2.75, 3.05) is 0 Å². The van der Waals surface area contributed by atoms with Crippen molar-refractivity contribution in [2.24, 2.45) is 0 Å². The van der Waals surface area contributed by atoms with E-state index in [1.807, 2.05) is 0 Å². The number of aliphatic hydroxyl groups is 1. The van der Waals surface area contributed by atoms with Gasteiger partial charge in [-0.05, 0) is 5.56 Å². The molecule has 1 aromatic rings. The summed E-state index contributed by atoms with van der Waals surface area (Å²) in [5.41, 5.74) is -1.92. The molecule has 0 aliphatic carbocycles. The molecule has 1 rings (SSSR count). The average molecular weight is 268 g/mol. The molecule has 0 radical (unpaired) electrons. The topological polar surface area (TPSA) is 100 Å². The molecule has 18 heavy (non-hydrogen) atoms. The summed E-state index contributed by atoms with van der Waals surface area (Å²) in [7, 11) is 0. The molecule has 5 nitrogen and oxygen atoms in total. The zero-order chi connectivity index (χ0) is 12.2. The molecule has 0 spiro atoms. The molecule has 0 heterocycles. The van der Waals surface area contributed by atoms with E-state index >= 15 is 0 Å². The van der Waals surface area contributed by atoms with Gasteiger partial charge in [0, 0.05) is 18.8 Å². The van der Waals surface area contributed by atoms with Crippen LogP contribution in [0.5, 0.6) is 0 Å². The van der Waals surface area contributed by atoms with Gasteiger partial charge in [-0.25, -0.2) is 0 Å². The van der Waals surface area contributed by atoms with E-state index in [1.54, 1.807) is 30.3 Å². The fourth-order valence-electron chi connectivity index (χ4n) is 1.38. The van der Waals surface area contributed by atoms with Gasteiger partial charge in [0.15, 0.2) is 0 Å². The Morgan fingerprint density at radius 1 is 1.11 bits per heavy atom. The summed E-state index contributed by atoms with van der Waals surface area (Å²) in [5, 5.41) is 30.7. The van der Waals surface area contributed by atoms with Crippen LogP contribution in [0.2, 0.25) is 0 Å². The Bertz CT molecular complexity index is 396. The number of carbonyl (C=O) groups is 2. The fraction of sp³-hybridized carbons (Fsp3) is 0.273. The van der Waals surface area contributed by atoms with Crippen molar-refractivity contribution in [1.29, 1.82) is 0 Å². The van der Waals surface area contributed by atoms with Gasteiger partial charge < -0.3 is 24.9 Å². The first-order valence-electron chi connectivity index (χ1n) is 4.62. The van der Waals surface area contributed by atoms with Crippen LogP contribution in [0.15, 0.2) is 30.3 Å². The standard InChI is InChI=1S/C11H12O5.2Na/c12-9(13)7-11(16,10(14)15)6-8-4-2-1-3-5-8;;/h1-5,16H,6-7H2,(H,12,13)(H,14,15);;/q;2*+1/p-2. The van der Waals surface area contributed by atoms with Crippen molar-refractivity contribution in [3.63, 3.8) is 0 Å². The quantitative estimate of drug-likeness (QED) is 0.534. The molecule has 1 aromatic carbocycles. The van der Waals surface area contributed by atoms with Crippen LogP contribution in [-0.2, 0) is 16.0 Å². The SMILES string of the molecule is O=C([O-])CC(O)(Cc1ccccc1)C(=O)[O-].[Na+].[Na+]. The van der Waals surface area contributed by atoms with Crippen molar-refractivity contribution >= 4 is 11.9 Å². The van der Waals surface area contributed by atoms with Crippen molar-refractivity contribution in [3.8, 4) is 0 Å². The first kappa shape index (κ1) is 20.4. The minimum absolute atomic E-state index is 0. The zero-order valence-corrected chi connectivity index (χ0v) is 14.4. The Kier molecular flexibility index (Phi) is 10.3. The molecular formula is C11H10Na2O5. The van der Waals surface area contributed by atoms with Gasteiger partial charge in [-0.1, -0.05) is 30.3 Å². The van der Waals surface area contributed by atoms with Gasteiger partial charge in [0.05, 0.1) is 5.97 Å². The Hall–Kier alpha value is 0.120. The molecule has 0 amide bonds. The number of carbonyl (C=O) groups excluding carboxylic acids is 2. The van der Waals surface area contributed by atoms with Crippen LogP contribution in [0, 0.1) is 0 Å². The summed E-state index contributed by atoms with van der Waals surface area (Å²) in [6.45, 7) is 0. The number of hydrogen-bond donors (Lipinski definition) is 1. The van der Waals surface area contributed by atoms with Crippen LogP contribution in [0.1, 0.15) is 12.0 Å². The van der Waals surface area contributed by atoms with Gasteiger partial charge in [0.25, 0.3) is 0 Å². The first-order valence-corrected chi connectivity index (χ1v) is 4.62. The molecule has 1 unspecified atom stereocenters. The molecule has 0 fully saturated rings. The van der Waals surface area contributed by atoms with E-state index in [-0.39, 0.29) is 65.5 Å². The summed E-state index contributed by atoms with van der Waals surface area (Å²) < 4.78 is 0. The van der Waals surface area contributed by atoms with Gasteiger partial charge in [-0.3, -0.25) is 0 Å². The number of rotatable bonds is 5.